The number of nitrogens with one attached hydrogen (secondary N) is 5. The maximum atomic E-state index is 13.6. The summed E-state index contributed by atoms with van der Waals surface area (Å²) >= 11 is 0. The molecule has 2 bridgehead atoms. The Kier molecular flexibility index (Phi) is 10.0. The molecule has 1 spiro atoms. The van der Waals surface area contributed by atoms with E-state index in [1.807, 2.05) is 30.3 Å². The molecule has 13 heteroatoms. The van der Waals surface area contributed by atoms with Gasteiger partial charge in [0.2, 0.25) is 29.2 Å². The van der Waals surface area contributed by atoms with Crippen molar-refractivity contribution in [2.24, 2.45) is 7.05 Å². The quantitative estimate of drug-likeness (QED) is 0.251. The van der Waals surface area contributed by atoms with Gasteiger partial charge in [0.25, 0.3) is 5.91 Å². The van der Waals surface area contributed by atoms with Crippen LogP contribution < -0.4 is 36.9 Å². The number of aryl methyl sites for hydroxylation is 1. The van der Waals surface area contributed by atoms with E-state index >= 15 is 0 Å². The molecule has 2 aromatic carbocycles. The molecule has 5 amide bonds. The summed E-state index contributed by atoms with van der Waals surface area (Å²) in [6.07, 6.45) is 2.51. The molecule has 3 aliphatic rings. The molecule has 3 aromatic rings. The summed E-state index contributed by atoms with van der Waals surface area (Å²) in [5.74, 6) is -2.14. The van der Waals surface area contributed by atoms with Crippen LogP contribution in [0.3, 0.4) is 0 Å². The van der Waals surface area contributed by atoms with Crippen LogP contribution in [-0.4, -0.2) is 70.9 Å². The molecule has 1 fully saturated rings. The third kappa shape index (κ3) is 8.43. The van der Waals surface area contributed by atoms with Crippen LogP contribution in [0.25, 0.3) is 0 Å². The predicted molar refractivity (Wildman–Crippen MR) is 171 cm³/mol. The molecule has 0 radical (unpaired) electrons. The van der Waals surface area contributed by atoms with Crippen LogP contribution in [0.15, 0.2) is 77.7 Å². The van der Waals surface area contributed by atoms with Gasteiger partial charge >= 0.3 is 0 Å². The normalized spacial score (nSPS) is 21.8. The van der Waals surface area contributed by atoms with E-state index in [4.69, 9.17) is 4.74 Å². The van der Waals surface area contributed by atoms with Crippen LogP contribution >= 0.6 is 0 Å². The van der Waals surface area contributed by atoms with E-state index < -0.39 is 47.3 Å². The molecule has 2 aliphatic heterocycles. The van der Waals surface area contributed by atoms with E-state index in [2.05, 4.69) is 26.6 Å². The van der Waals surface area contributed by atoms with Crippen molar-refractivity contribution >= 4 is 29.5 Å². The third-order valence-corrected chi connectivity index (χ3v) is 8.20. The second kappa shape index (κ2) is 14.3. The zero-order valence-corrected chi connectivity index (χ0v) is 26.2. The van der Waals surface area contributed by atoms with Crippen LogP contribution in [0.5, 0.6) is 5.75 Å². The Bertz CT molecular complexity index is 1700. The maximum absolute atomic E-state index is 13.6. The molecule has 0 unspecified atom stereocenters. The number of fused-ring (bicyclic) bond motifs is 15. The van der Waals surface area contributed by atoms with Crippen molar-refractivity contribution in [3.05, 3.63) is 100.0 Å². The summed E-state index contributed by atoms with van der Waals surface area (Å²) in [5.41, 5.74) is 0.301. The first kappa shape index (κ1) is 32.9. The Morgan fingerprint density at radius 3 is 2.32 bits per heavy atom. The van der Waals surface area contributed by atoms with Gasteiger partial charge in [0.15, 0.2) is 0 Å². The molecular formula is C34H38N6O7. The lowest BCUT2D eigenvalue weighted by Gasteiger charge is -2.25. The van der Waals surface area contributed by atoms with Gasteiger partial charge in [-0.3, -0.25) is 28.8 Å². The topological polar surface area (TPSA) is 177 Å². The van der Waals surface area contributed by atoms with E-state index in [0.29, 0.717) is 24.2 Å². The average molecular weight is 643 g/mol. The van der Waals surface area contributed by atoms with E-state index in [0.717, 1.165) is 5.56 Å². The van der Waals surface area contributed by atoms with Crippen LogP contribution in [0.1, 0.15) is 41.3 Å². The summed E-state index contributed by atoms with van der Waals surface area (Å²) in [7, 11) is 1.51. The number of carbonyl (C=O) groups is 5. The number of nitrogens with zero attached hydrogens (tertiary/aromatic N) is 1. The van der Waals surface area contributed by atoms with Crippen LogP contribution in [0.4, 0.5) is 0 Å². The summed E-state index contributed by atoms with van der Waals surface area (Å²) in [6.45, 7) is 1.87. The zero-order valence-electron chi connectivity index (χ0n) is 26.2. The lowest BCUT2D eigenvalue weighted by Crippen LogP contribution is -2.59. The molecule has 3 atom stereocenters. The summed E-state index contributed by atoms with van der Waals surface area (Å²) < 4.78 is 7.03. The molecule has 13 nitrogen and oxygen atoms in total. The highest BCUT2D eigenvalue weighted by atomic mass is 16.5. The lowest BCUT2D eigenvalue weighted by molar-refractivity contribution is -0.134. The van der Waals surface area contributed by atoms with Crippen LogP contribution in [-0.2, 0) is 39.1 Å². The van der Waals surface area contributed by atoms with E-state index in [1.54, 1.807) is 24.3 Å². The Hall–Kier alpha value is -5.46. The first-order chi connectivity index (χ1) is 22.5. The first-order valence-corrected chi connectivity index (χ1v) is 15.5. The Morgan fingerprint density at radius 1 is 0.915 bits per heavy atom. The van der Waals surface area contributed by atoms with Gasteiger partial charge in [-0.05, 0) is 49.1 Å². The molecule has 3 heterocycles. The highest BCUT2D eigenvalue weighted by molar-refractivity contribution is 5.99. The highest BCUT2D eigenvalue weighted by Gasteiger charge is 2.51. The van der Waals surface area contributed by atoms with Gasteiger partial charge in [0.1, 0.15) is 36.0 Å². The van der Waals surface area contributed by atoms with Crippen LogP contribution in [0, 0.1) is 0 Å². The first-order valence-electron chi connectivity index (χ1n) is 15.5. The zero-order chi connectivity index (χ0) is 33.6. The predicted octanol–water partition coefficient (Wildman–Crippen LogP) is 0.116. The minimum Gasteiger partial charge on any atom is -0.492 e. The number of aromatic nitrogens is 1. The fraction of sp³-hybridized carbons (Fsp3) is 0.353. The number of ether oxygens (including phenoxy) is 1. The fourth-order valence-electron chi connectivity index (χ4n) is 5.23. The van der Waals surface area contributed by atoms with Crippen molar-refractivity contribution in [3.8, 4) is 5.75 Å². The fourth-order valence-corrected chi connectivity index (χ4v) is 5.23. The number of pyridine rings is 1. The second-order valence-corrected chi connectivity index (χ2v) is 11.9. The second-order valence-electron chi connectivity index (χ2n) is 11.9. The van der Waals surface area contributed by atoms with Gasteiger partial charge < -0.3 is 35.9 Å². The number of amides is 5. The van der Waals surface area contributed by atoms with E-state index in [9.17, 15) is 28.8 Å². The molecular weight excluding hydrogens is 604 g/mol. The average Bonchev–Trinajstić information content (AvgIpc) is 3.84. The van der Waals surface area contributed by atoms with Crippen molar-refractivity contribution in [2.45, 2.75) is 56.3 Å². The van der Waals surface area contributed by atoms with Gasteiger partial charge in [-0.2, -0.15) is 0 Å². The number of hydrogen-bond donors (Lipinski definition) is 5. The molecule has 6 rings (SSSR count). The van der Waals surface area contributed by atoms with Crippen molar-refractivity contribution in [2.75, 3.05) is 13.2 Å². The lowest BCUT2D eigenvalue weighted by atomic mass is 10.0. The smallest absolute Gasteiger partial charge is 0.253 e. The number of hydrogen-bond acceptors (Lipinski definition) is 7. The van der Waals surface area contributed by atoms with Gasteiger partial charge in [-0.1, -0.05) is 42.5 Å². The van der Waals surface area contributed by atoms with Gasteiger partial charge in [-0.25, -0.2) is 0 Å². The SMILES string of the molecule is C[C@@H]1NC(=O)[C@@H](NC(=O)c2ccc(=O)n(C)c2)Cc2ccc(cc2)OCCNC(=O)C2(CC2)NC(=O)[C@@H](Cc2ccccc2)NC1=O. The van der Waals surface area contributed by atoms with Crippen molar-refractivity contribution in [1.82, 2.24) is 31.2 Å². The number of carbonyl (C=O) groups excluding carboxylic acids is 5. The van der Waals surface area contributed by atoms with Crippen molar-refractivity contribution in [1.29, 1.82) is 0 Å². The van der Waals surface area contributed by atoms with Crippen molar-refractivity contribution in [3.63, 3.8) is 0 Å². The molecule has 0 saturated heterocycles. The van der Waals surface area contributed by atoms with Crippen LogP contribution in [0.2, 0.25) is 0 Å². The molecule has 246 valence electrons. The summed E-state index contributed by atoms with van der Waals surface area (Å²) in [5, 5.41) is 13.8. The third-order valence-electron chi connectivity index (χ3n) is 8.20. The standard InChI is InChI=1S/C34H38N6O7/c1-21-29(42)37-27(18-22-6-4-3-5-7-22)32(45)39-34(14-15-34)33(46)35-16-17-47-25-11-8-23(9-12-25)19-26(31(44)36-21)38-30(43)24-10-13-28(41)40(2)20-24/h3-13,20-21,26-27H,14-19H2,1-2H3,(H,35,46)(H,36,44)(H,37,42)(H,38,43)(H,39,45)/t21-,26-,27+/m0/s1. The molecule has 47 heavy (non-hydrogen) atoms. The largest absolute Gasteiger partial charge is 0.492 e. The number of benzene rings is 2. The summed E-state index contributed by atoms with van der Waals surface area (Å²) in [6, 6.07) is 15.5. The number of rotatable bonds is 4. The molecule has 1 aliphatic carbocycles. The molecule has 1 saturated carbocycles. The van der Waals surface area contributed by atoms with Crippen molar-refractivity contribution < 1.29 is 28.7 Å². The van der Waals surface area contributed by atoms with E-state index in [1.165, 1.54) is 36.9 Å². The van der Waals surface area contributed by atoms with Gasteiger partial charge in [0, 0.05) is 32.2 Å². The van der Waals surface area contributed by atoms with Gasteiger partial charge in [-0.15, -0.1) is 0 Å². The molecule has 1 aromatic heterocycles. The highest BCUT2D eigenvalue weighted by Crippen LogP contribution is 2.35. The van der Waals surface area contributed by atoms with Gasteiger partial charge in [0.05, 0.1) is 12.1 Å². The Balaban J connectivity index is 1.40. The summed E-state index contributed by atoms with van der Waals surface area (Å²) in [4.78, 5) is 78.6. The molecule has 5 N–H and O–H groups in total. The Labute approximate surface area is 271 Å². The van der Waals surface area contributed by atoms with E-state index in [-0.39, 0.29) is 43.0 Å². The Morgan fingerprint density at radius 2 is 1.64 bits per heavy atom. The minimum atomic E-state index is -1.10. The minimum absolute atomic E-state index is 0.0785. The maximum Gasteiger partial charge on any atom is 0.253 e. The monoisotopic (exact) mass is 642 g/mol.